The smallest absolute Gasteiger partial charge is 0.328 e. The Balaban J connectivity index is 3.02. The SMILES string of the molecule is O=C(O)/C=C/c1cccc(F)c1Cl. The largest absolute Gasteiger partial charge is 0.478 e. The summed E-state index contributed by atoms with van der Waals surface area (Å²) in [6.07, 6.45) is 2.15. The van der Waals surface area contributed by atoms with Crippen molar-refractivity contribution in [2.24, 2.45) is 0 Å². The van der Waals surface area contributed by atoms with Gasteiger partial charge in [0.2, 0.25) is 0 Å². The van der Waals surface area contributed by atoms with Gasteiger partial charge >= 0.3 is 5.97 Å². The van der Waals surface area contributed by atoms with Gasteiger partial charge < -0.3 is 5.11 Å². The fourth-order valence-corrected chi connectivity index (χ4v) is 0.999. The van der Waals surface area contributed by atoms with Gasteiger partial charge in [-0.05, 0) is 17.7 Å². The van der Waals surface area contributed by atoms with Gasteiger partial charge in [-0.15, -0.1) is 0 Å². The van der Waals surface area contributed by atoms with Crippen LogP contribution < -0.4 is 0 Å². The minimum atomic E-state index is -1.10. The summed E-state index contributed by atoms with van der Waals surface area (Å²) in [5.41, 5.74) is 0.351. The van der Waals surface area contributed by atoms with E-state index >= 15 is 0 Å². The van der Waals surface area contributed by atoms with E-state index in [2.05, 4.69) is 0 Å². The molecule has 0 aliphatic heterocycles. The van der Waals surface area contributed by atoms with Crippen molar-refractivity contribution in [2.45, 2.75) is 0 Å². The van der Waals surface area contributed by atoms with Gasteiger partial charge in [0.05, 0.1) is 5.02 Å². The lowest BCUT2D eigenvalue weighted by Gasteiger charge is -1.97. The molecule has 13 heavy (non-hydrogen) atoms. The molecule has 0 aromatic heterocycles. The van der Waals surface area contributed by atoms with Crippen LogP contribution in [-0.2, 0) is 4.79 Å². The summed E-state index contributed by atoms with van der Waals surface area (Å²) >= 11 is 5.56. The van der Waals surface area contributed by atoms with E-state index in [9.17, 15) is 9.18 Å². The van der Waals surface area contributed by atoms with Crippen molar-refractivity contribution < 1.29 is 14.3 Å². The summed E-state index contributed by atoms with van der Waals surface area (Å²) in [5, 5.41) is 8.24. The molecule has 1 aromatic rings. The zero-order valence-electron chi connectivity index (χ0n) is 6.50. The number of aliphatic carboxylic acids is 1. The summed E-state index contributed by atoms with van der Waals surface area (Å²) in [6.45, 7) is 0. The quantitative estimate of drug-likeness (QED) is 0.745. The van der Waals surface area contributed by atoms with Crippen LogP contribution in [0.15, 0.2) is 24.3 Å². The lowest BCUT2D eigenvalue weighted by atomic mass is 10.2. The van der Waals surface area contributed by atoms with Crippen LogP contribution in [0.1, 0.15) is 5.56 Å². The molecule has 0 fully saturated rings. The molecule has 0 unspecified atom stereocenters. The first-order valence-corrected chi connectivity index (χ1v) is 3.84. The normalized spacial score (nSPS) is 10.6. The van der Waals surface area contributed by atoms with Gasteiger partial charge in [-0.1, -0.05) is 23.7 Å². The van der Waals surface area contributed by atoms with Crippen LogP contribution in [0.2, 0.25) is 5.02 Å². The highest BCUT2D eigenvalue weighted by atomic mass is 35.5. The molecule has 1 N–H and O–H groups in total. The summed E-state index contributed by atoms with van der Waals surface area (Å²) in [7, 11) is 0. The Hall–Kier alpha value is -1.35. The summed E-state index contributed by atoms with van der Waals surface area (Å²) in [5.74, 6) is -1.66. The van der Waals surface area contributed by atoms with Crippen molar-refractivity contribution >= 4 is 23.6 Å². The van der Waals surface area contributed by atoms with E-state index < -0.39 is 11.8 Å². The van der Waals surface area contributed by atoms with E-state index in [1.54, 1.807) is 0 Å². The Morgan fingerprint density at radius 2 is 2.23 bits per heavy atom. The molecule has 1 aromatic carbocycles. The summed E-state index contributed by atoms with van der Waals surface area (Å²) in [6, 6.07) is 4.20. The average molecular weight is 201 g/mol. The van der Waals surface area contributed by atoms with Gasteiger partial charge in [0.25, 0.3) is 0 Å². The molecular weight excluding hydrogens is 195 g/mol. The fourth-order valence-electron chi connectivity index (χ4n) is 0.810. The number of rotatable bonds is 2. The predicted molar refractivity (Wildman–Crippen MR) is 48.1 cm³/mol. The molecule has 0 amide bonds. The van der Waals surface area contributed by atoms with Crippen molar-refractivity contribution in [3.63, 3.8) is 0 Å². The Bertz CT molecular complexity index is 361. The molecule has 0 atom stereocenters. The third-order valence-electron chi connectivity index (χ3n) is 1.39. The Labute approximate surface area is 79.3 Å². The van der Waals surface area contributed by atoms with Gasteiger partial charge in [0.1, 0.15) is 5.82 Å². The van der Waals surface area contributed by atoms with Crippen molar-refractivity contribution in [3.8, 4) is 0 Å². The van der Waals surface area contributed by atoms with E-state index in [1.165, 1.54) is 24.3 Å². The van der Waals surface area contributed by atoms with E-state index in [4.69, 9.17) is 16.7 Å². The summed E-state index contributed by atoms with van der Waals surface area (Å²) in [4.78, 5) is 10.1. The van der Waals surface area contributed by atoms with Crippen LogP contribution >= 0.6 is 11.6 Å². The van der Waals surface area contributed by atoms with Crippen molar-refractivity contribution in [2.75, 3.05) is 0 Å². The number of hydrogen-bond acceptors (Lipinski definition) is 1. The maximum atomic E-state index is 12.8. The van der Waals surface area contributed by atoms with Crippen molar-refractivity contribution in [1.82, 2.24) is 0 Å². The number of carboxylic acids is 1. The Morgan fingerprint density at radius 3 is 2.85 bits per heavy atom. The Kier molecular flexibility index (Phi) is 3.03. The first-order chi connectivity index (χ1) is 6.11. The van der Waals surface area contributed by atoms with Crippen LogP contribution in [0.4, 0.5) is 4.39 Å². The molecule has 0 bridgehead atoms. The topological polar surface area (TPSA) is 37.3 Å². The molecule has 0 radical (unpaired) electrons. The zero-order valence-corrected chi connectivity index (χ0v) is 7.25. The van der Waals surface area contributed by atoms with Crippen LogP contribution in [0, 0.1) is 5.82 Å². The van der Waals surface area contributed by atoms with Gasteiger partial charge in [0, 0.05) is 6.08 Å². The van der Waals surface area contributed by atoms with Crippen molar-refractivity contribution in [1.29, 1.82) is 0 Å². The summed E-state index contributed by atoms with van der Waals surface area (Å²) < 4.78 is 12.8. The van der Waals surface area contributed by atoms with E-state index in [0.717, 1.165) is 6.08 Å². The number of hydrogen-bond donors (Lipinski definition) is 1. The van der Waals surface area contributed by atoms with E-state index in [1.807, 2.05) is 0 Å². The molecule has 0 aliphatic carbocycles. The fraction of sp³-hybridized carbons (Fsp3) is 0. The standard InChI is InChI=1S/C9H6ClFO2/c10-9-6(4-5-8(12)13)2-1-3-7(9)11/h1-5H,(H,12,13)/b5-4+. The highest BCUT2D eigenvalue weighted by Gasteiger charge is 2.02. The van der Waals surface area contributed by atoms with Gasteiger partial charge in [-0.25, -0.2) is 9.18 Å². The molecule has 2 nitrogen and oxygen atoms in total. The number of carbonyl (C=O) groups is 1. The lowest BCUT2D eigenvalue weighted by molar-refractivity contribution is -0.131. The van der Waals surface area contributed by atoms with Gasteiger partial charge in [-0.3, -0.25) is 0 Å². The molecule has 68 valence electrons. The molecule has 0 heterocycles. The number of halogens is 2. The number of carboxylic acid groups (broad SMARTS) is 1. The highest BCUT2D eigenvalue weighted by molar-refractivity contribution is 6.32. The third kappa shape index (κ3) is 2.56. The monoisotopic (exact) mass is 200 g/mol. The van der Waals surface area contributed by atoms with Crippen LogP contribution in [0.5, 0.6) is 0 Å². The molecule has 0 aliphatic rings. The van der Waals surface area contributed by atoms with Gasteiger partial charge in [0.15, 0.2) is 0 Å². The predicted octanol–water partition coefficient (Wildman–Crippen LogP) is 2.58. The molecular formula is C9H6ClFO2. The van der Waals surface area contributed by atoms with Crippen molar-refractivity contribution in [3.05, 3.63) is 40.7 Å². The molecule has 0 saturated heterocycles. The second-order valence-electron chi connectivity index (χ2n) is 2.31. The molecule has 0 saturated carbocycles. The lowest BCUT2D eigenvalue weighted by Crippen LogP contribution is -1.87. The average Bonchev–Trinajstić information content (AvgIpc) is 2.07. The molecule has 1 rings (SSSR count). The maximum Gasteiger partial charge on any atom is 0.328 e. The second-order valence-corrected chi connectivity index (χ2v) is 2.69. The Morgan fingerprint density at radius 1 is 1.54 bits per heavy atom. The number of benzene rings is 1. The van der Waals surface area contributed by atoms with Crippen LogP contribution in [0.25, 0.3) is 6.08 Å². The highest BCUT2D eigenvalue weighted by Crippen LogP contribution is 2.20. The van der Waals surface area contributed by atoms with E-state index in [0.29, 0.717) is 5.56 Å². The molecule has 4 heteroatoms. The van der Waals surface area contributed by atoms with Gasteiger partial charge in [-0.2, -0.15) is 0 Å². The second kappa shape index (κ2) is 4.05. The van der Waals surface area contributed by atoms with Crippen LogP contribution in [-0.4, -0.2) is 11.1 Å². The van der Waals surface area contributed by atoms with Crippen LogP contribution in [0.3, 0.4) is 0 Å². The molecule has 0 spiro atoms. The minimum Gasteiger partial charge on any atom is -0.478 e. The zero-order chi connectivity index (χ0) is 9.84. The first-order valence-electron chi connectivity index (χ1n) is 3.46. The van der Waals surface area contributed by atoms with E-state index in [-0.39, 0.29) is 5.02 Å². The first kappa shape index (κ1) is 9.74. The maximum absolute atomic E-state index is 12.8. The third-order valence-corrected chi connectivity index (χ3v) is 1.79. The minimum absolute atomic E-state index is 0.0694.